The van der Waals surface area contributed by atoms with Gasteiger partial charge in [-0.05, 0) is 29.3 Å². The highest BCUT2D eigenvalue weighted by Gasteiger charge is 2.04. The van der Waals surface area contributed by atoms with Crippen molar-refractivity contribution in [2.24, 2.45) is 0 Å². The van der Waals surface area contributed by atoms with Crippen molar-refractivity contribution in [2.45, 2.75) is 13.1 Å². The van der Waals surface area contributed by atoms with E-state index in [1.165, 1.54) is 5.56 Å². The molecular formula is C16H18BrNO2. The molecule has 3 nitrogen and oxygen atoms in total. The number of ether oxygens (including phenoxy) is 2. The van der Waals surface area contributed by atoms with Crippen molar-refractivity contribution >= 4 is 15.9 Å². The smallest absolute Gasteiger partial charge is 0.161 e. The topological polar surface area (TPSA) is 30.5 Å². The van der Waals surface area contributed by atoms with Crippen molar-refractivity contribution in [1.29, 1.82) is 0 Å². The van der Waals surface area contributed by atoms with E-state index >= 15 is 0 Å². The highest BCUT2D eigenvalue weighted by atomic mass is 79.9. The number of halogens is 1. The Bertz CT molecular complexity index is 572. The lowest BCUT2D eigenvalue weighted by molar-refractivity contribution is 0.354. The molecule has 0 bridgehead atoms. The fourth-order valence-electron chi connectivity index (χ4n) is 1.97. The summed E-state index contributed by atoms with van der Waals surface area (Å²) in [5.74, 6) is 1.51. The molecule has 0 unspecified atom stereocenters. The van der Waals surface area contributed by atoms with Gasteiger partial charge in [0.15, 0.2) is 11.5 Å². The molecule has 0 atom stereocenters. The molecule has 4 heteroatoms. The largest absolute Gasteiger partial charge is 0.493 e. The Hall–Kier alpha value is -1.52. The molecule has 0 heterocycles. The predicted octanol–water partition coefficient (Wildman–Crippen LogP) is 3.76. The third-order valence-corrected chi connectivity index (χ3v) is 3.82. The third-order valence-electron chi connectivity index (χ3n) is 3.05. The van der Waals surface area contributed by atoms with Crippen LogP contribution in [0.2, 0.25) is 0 Å². The molecular weight excluding hydrogens is 318 g/mol. The molecule has 0 fully saturated rings. The monoisotopic (exact) mass is 335 g/mol. The van der Waals surface area contributed by atoms with Crippen molar-refractivity contribution in [3.05, 3.63) is 58.1 Å². The molecule has 0 radical (unpaired) electrons. The van der Waals surface area contributed by atoms with Gasteiger partial charge in [-0.15, -0.1) is 0 Å². The van der Waals surface area contributed by atoms with Gasteiger partial charge in [0.25, 0.3) is 0 Å². The highest BCUT2D eigenvalue weighted by Crippen LogP contribution is 2.27. The van der Waals surface area contributed by atoms with Crippen molar-refractivity contribution in [2.75, 3.05) is 14.2 Å². The predicted molar refractivity (Wildman–Crippen MR) is 84.2 cm³/mol. The summed E-state index contributed by atoms with van der Waals surface area (Å²) in [7, 11) is 3.29. The maximum atomic E-state index is 5.30. The first kappa shape index (κ1) is 14.9. The maximum Gasteiger partial charge on any atom is 0.161 e. The van der Waals surface area contributed by atoms with Crippen LogP contribution in [0.5, 0.6) is 11.5 Å². The first-order valence-corrected chi connectivity index (χ1v) is 7.19. The number of rotatable bonds is 6. The first-order chi connectivity index (χ1) is 9.74. The van der Waals surface area contributed by atoms with Crippen molar-refractivity contribution < 1.29 is 9.47 Å². The van der Waals surface area contributed by atoms with Crippen LogP contribution in [0.3, 0.4) is 0 Å². The van der Waals surface area contributed by atoms with Crippen LogP contribution < -0.4 is 14.8 Å². The van der Waals surface area contributed by atoms with E-state index in [0.29, 0.717) is 0 Å². The SMILES string of the molecule is COc1ccc(CNCc2ccccc2Br)cc1OC. The van der Waals surface area contributed by atoms with E-state index in [2.05, 4.69) is 27.3 Å². The van der Waals surface area contributed by atoms with Crippen LogP contribution in [0, 0.1) is 0 Å². The van der Waals surface area contributed by atoms with E-state index in [1.807, 2.05) is 36.4 Å². The van der Waals surface area contributed by atoms with E-state index in [-0.39, 0.29) is 0 Å². The van der Waals surface area contributed by atoms with Crippen LogP contribution in [0.25, 0.3) is 0 Å². The van der Waals surface area contributed by atoms with Crippen molar-refractivity contribution in [3.8, 4) is 11.5 Å². The van der Waals surface area contributed by atoms with Crippen LogP contribution >= 0.6 is 15.9 Å². The molecule has 0 spiro atoms. The van der Waals surface area contributed by atoms with Gasteiger partial charge in [0, 0.05) is 17.6 Å². The van der Waals surface area contributed by atoms with E-state index in [9.17, 15) is 0 Å². The van der Waals surface area contributed by atoms with Gasteiger partial charge in [-0.1, -0.05) is 40.2 Å². The standard InChI is InChI=1S/C16H18BrNO2/c1-19-15-8-7-12(9-16(15)20-2)10-18-11-13-5-3-4-6-14(13)17/h3-9,18H,10-11H2,1-2H3. The van der Waals surface area contributed by atoms with Crippen LogP contribution in [-0.2, 0) is 13.1 Å². The molecule has 2 aromatic carbocycles. The number of benzene rings is 2. The van der Waals surface area contributed by atoms with Gasteiger partial charge in [-0.2, -0.15) is 0 Å². The fraction of sp³-hybridized carbons (Fsp3) is 0.250. The lowest BCUT2D eigenvalue weighted by Gasteiger charge is -2.11. The van der Waals surface area contributed by atoms with Crippen molar-refractivity contribution in [3.63, 3.8) is 0 Å². The van der Waals surface area contributed by atoms with Crippen LogP contribution in [0.4, 0.5) is 0 Å². The Kier molecular flexibility index (Phi) is 5.44. The molecule has 2 aromatic rings. The average Bonchev–Trinajstić information content (AvgIpc) is 2.49. The highest BCUT2D eigenvalue weighted by molar-refractivity contribution is 9.10. The van der Waals surface area contributed by atoms with Crippen LogP contribution in [0.1, 0.15) is 11.1 Å². The summed E-state index contributed by atoms with van der Waals surface area (Å²) in [4.78, 5) is 0. The van der Waals surface area contributed by atoms with Gasteiger partial charge < -0.3 is 14.8 Å². The minimum Gasteiger partial charge on any atom is -0.493 e. The molecule has 0 saturated heterocycles. The average molecular weight is 336 g/mol. The van der Waals surface area contributed by atoms with Gasteiger partial charge in [0.2, 0.25) is 0 Å². The Morgan fingerprint density at radius 3 is 2.40 bits per heavy atom. The van der Waals surface area contributed by atoms with E-state index < -0.39 is 0 Å². The zero-order valence-corrected chi connectivity index (χ0v) is 13.2. The Balaban J connectivity index is 1.96. The second-order valence-corrected chi connectivity index (χ2v) is 5.24. The second-order valence-electron chi connectivity index (χ2n) is 4.38. The van der Waals surface area contributed by atoms with E-state index in [0.717, 1.165) is 34.6 Å². The van der Waals surface area contributed by atoms with Gasteiger partial charge in [0.1, 0.15) is 0 Å². The van der Waals surface area contributed by atoms with Gasteiger partial charge in [0.05, 0.1) is 14.2 Å². The van der Waals surface area contributed by atoms with Gasteiger partial charge in [-0.3, -0.25) is 0 Å². The molecule has 0 aliphatic heterocycles. The molecule has 0 aliphatic carbocycles. The molecule has 0 saturated carbocycles. The first-order valence-electron chi connectivity index (χ1n) is 6.39. The molecule has 1 N–H and O–H groups in total. The molecule has 0 amide bonds. The summed E-state index contributed by atoms with van der Waals surface area (Å²) >= 11 is 3.55. The number of hydrogen-bond acceptors (Lipinski definition) is 3. The molecule has 20 heavy (non-hydrogen) atoms. The maximum absolute atomic E-state index is 5.30. The fourth-order valence-corrected chi connectivity index (χ4v) is 2.40. The summed E-state index contributed by atoms with van der Waals surface area (Å²) in [5, 5.41) is 3.42. The number of hydrogen-bond donors (Lipinski definition) is 1. The zero-order chi connectivity index (χ0) is 14.4. The van der Waals surface area contributed by atoms with Gasteiger partial charge >= 0.3 is 0 Å². The van der Waals surface area contributed by atoms with Crippen LogP contribution in [-0.4, -0.2) is 14.2 Å². The van der Waals surface area contributed by atoms with E-state index in [4.69, 9.17) is 9.47 Å². The van der Waals surface area contributed by atoms with E-state index in [1.54, 1.807) is 14.2 Å². The lowest BCUT2D eigenvalue weighted by Crippen LogP contribution is -2.13. The summed E-state index contributed by atoms with van der Waals surface area (Å²) in [5.41, 5.74) is 2.41. The molecule has 2 rings (SSSR count). The molecule has 106 valence electrons. The number of nitrogens with one attached hydrogen (secondary N) is 1. The summed E-state index contributed by atoms with van der Waals surface area (Å²) in [6.45, 7) is 1.59. The molecule has 0 aromatic heterocycles. The Morgan fingerprint density at radius 2 is 1.70 bits per heavy atom. The quantitative estimate of drug-likeness (QED) is 0.871. The summed E-state index contributed by atoms with van der Waals surface area (Å²) in [6, 6.07) is 14.2. The Labute approximate surface area is 128 Å². The number of methoxy groups -OCH3 is 2. The minimum atomic E-state index is 0.752. The molecule has 0 aliphatic rings. The minimum absolute atomic E-state index is 0.752. The zero-order valence-electron chi connectivity index (χ0n) is 11.7. The lowest BCUT2D eigenvalue weighted by atomic mass is 10.2. The van der Waals surface area contributed by atoms with Gasteiger partial charge in [-0.25, -0.2) is 0 Å². The Morgan fingerprint density at radius 1 is 0.950 bits per heavy atom. The summed E-state index contributed by atoms with van der Waals surface area (Å²) in [6.07, 6.45) is 0. The van der Waals surface area contributed by atoms with Crippen LogP contribution in [0.15, 0.2) is 46.9 Å². The van der Waals surface area contributed by atoms with Crippen molar-refractivity contribution in [1.82, 2.24) is 5.32 Å². The normalized spacial score (nSPS) is 10.3. The second kappa shape index (κ2) is 7.31. The summed E-state index contributed by atoms with van der Waals surface area (Å²) < 4.78 is 11.7. The third kappa shape index (κ3) is 3.74.